The molecule has 1 amide bonds. The Morgan fingerprint density at radius 3 is 2.37 bits per heavy atom. The van der Waals surface area contributed by atoms with Crippen molar-refractivity contribution in [3.63, 3.8) is 0 Å². The zero-order chi connectivity index (χ0) is 19.3. The van der Waals surface area contributed by atoms with Crippen LogP contribution >= 0.6 is 22.7 Å². The molecule has 3 aromatic rings. The second-order valence-electron chi connectivity index (χ2n) is 5.96. The number of sulfonamides is 1. The van der Waals surface area contributed by atoms with Gasteiger partial charge in [0.2, 0.25) is 10.0 Å². The van der Waals surface area contributed by atoms with Crippen molar-refractivity contribution in [1.29, 1.82) is 0 Å². The predicted molar refractivity (Wildman–Crippen MR) is 110 cm³/mol. The van der Waals surface area contributed by atoms with Gasteiger partial charge in [0.1, 0.15) is 0 Å². The van der Waals surface area contributed by atoms with Crippen molar-refractivity contribution in [2.75, 3.05) is 6.54 Å². The third-order valence-electron chi connectivity index (χ3n) is 3.99. The zero-order valence-electron chi connectivity index (χ0n) is 14.7. The van der Waals surface area contributed by atoms with Gasteiger partial charge in [0.15, 0.2) is 0 Å². The molecule has 2 heterocycles. The molecule has 0 radical (unpaired) electrons. The van der Waals surface area contributed by atoms with Gasteiger partial charge in [-0.05, 0) is 60.5 Å². The summed E-state index contributed by atoms with van der Waals surface area (Å²) in [5, 5.41) is 6.84. The van der Waals surface area contributed by atoms with E-state index in [0.717, 1.165) is 9.75 Å². The minimum absolute atomic E-state index is 0.0974. The Kier molecular flexibility index (Phi) is 6.43. The fourth-order valence-corrected chi connectivity index (χ4v) is 5.00. The van der Waals surface area contributed by atoms with Crippen LogP contribution in [0.25, 0.3) is 0 Å². The van der Waals surface area contributed by atoms with Crippen LogP contribution in [0.2, 0.25) is 0 Å². The highest BCUT2D eigenvalue weighted by atomic mass is 32.2. The summed E-state index contributed by atoms with van der Waals surface area (Å²) in [5.41, 5.74) is 0.427. The van der Waals surface area contributed by atoms with E-state index in [0.29, 0.717) is 18.5 Å². The molecular formula is C19H20N2O3S3. The number of hydrogen-bond acceptors (Lipinski definition) is 5. The number of benzene rings is 1. The lowest BCUT2D eigenvalue weighted by Gasteiger charge is -2.12. The summed E-state index contributed by atoms with van der Waals surface area (Å²) in [6, 6.07) is 13.7. The van der Waals surface area contributed by atoms with Gasteiger partial charge in [-0.15, -0.1) is 22.7 Å². The molecule has 0 spiro atoms. The minimum Gasteiger partial charge on any atom is -0.345 e. The first kappa shape index (κ1) is 19.8. The number of amides is 1. The molecule has 0 saturated heterocycles. The van der Waals surface area contributed by atoms with E-state index in [9.17, 15) is 13.2 Å². The van der Waals surface area contributed by atoms with Crippen molar-refractivity contribution in [3.8, 4) is 0 Å². The summed E-state index contributed by atoms with van der Waals surface area (Å²) in [6.45, 7) is 2.25. The lowest BCUT2D eigenvalue weighted by Crippen LogP contribution is -2.27. The molecule has 0 aliphatic rings. The molecule has 3 rings (SSSR count). The Morgan fingerprint density at radius 2 is 1.74 bits per heavy atom. The molecule has 2 N–H and O–H groups in total. The molecule has 0 aliphatic carbocycles. The van der Waals surface area contributed by atoms with Gasteiger partial charge >= 0.3 is 0 Å². The topological polar surface area (TPSA) is 75.3 Å². The monoisotopic (exact) mass is 420 g/mol. The SMILES string of the molecule is CC(NC(=O)c1ccc(S(=O)(=O)NCCc2cccs2)cc1)c1cccs1. The smallest absolute Gasteiger partial charge is 0.251 e. The van der Waals surface area contributed by atoms with Crippen molar-refractivity contribution in [2.24, 2.45) is 0 Å². The van der Waals surface area contributed by atoms with Crippen LogP contribution in [0.3, 0.4) is 0 Å². The van der Waals surface area contributed by atoms with Crippen LogP contribution in [0.5, 0.6) is 0 Å². The van der Waals surface area contributed by atoms with E-state index in [-0.39, 0.29) is 16.8 Å². The van der Waals surface area contributed by atoms with Crippen LogP contribution < -0.4 is 10.0 Å². The predicted octanol–water partition coefficient (Wildman–Crippen LogP) is 3.82. The third-order valence-corrected chi connectivity index (χ3v) is 7.46. The van der Waals surface area contributed by atoms with E-state index in [1.54, 1.807) is 22.7 Å². The van der Waals surface area contributed by atoms with Crippen molar-refractivity contribution in [2.45, 2.75) is 24.3 Å². The van der Waals surface area contributed by atoms with Gasteiger partial charge in [0, 0.05) is 21.9 Å². The molecule has 27 heavy (non-hydrogen) atoms. The second kappa shape index (κ2) is 8.79. The van der Waals surface area contributed by atoms with Crippen LogP contribution in [-0.4, -0.2) is 20.9 Å². The van der Waals surface area contributed by atoms with Gasteiger partial charge in [-0.25, -0.2) is 13.1 Å². The Bertz CT molecular complexity index is 964. The van der Waals surface area contributed by atoms with E-state index < -0.39 is 10.0 Å². The molecule has 0 fully saturated rings. The van der Waals surface area contributed by atoms with Crippen LogP contribution in [0.15, 0.2) is 64.2 Å². The lowest BCUT2D eigenvalue weighted by molar-refractivity contribution is 0.0940. The molecular weight excluding hydrogens is 400 g/mol. The number of rotatable bonds is 8. The number of carbonyl (C=O) groups is 1. The number of thiophene rings is 2. The average molecular weight is 421 g/mol. The van der Waals surface area contributed by atoms with E-state index in [2.05, 4.69) is 10.0 Å². The van der Waals surface area contributed by atoms with E-state index >= 15 is 0 Å². The van der Waals surface area contributed by atoms with E-state index in [4.69, 9.17) is 0 Å². The largest absolute Gasteiger partial charge is 0.345 e. The quantitative estimate of drug-likeness (QED) is 0.582. The molecule has 2 aromatic heterocycles. The first-order valence-corrected chi connectivity index (χ1v) is 11.7. The Labute approximate surface area is 167 Å². The highest BCUT2D eigenvalue weighted by molar-refractivity contribution is 7.89. The van der Waals surface area contributed by atoms with Crippen molar-refractivity contribution >= 4 is 38.6 Å². The molecule has 0 saturated carbocycles. The summed E-state index contributed by atoms with van der Waals surface area (Å²) < 4.78 is 27.3. The van der Waals surface area contributed by atoms with Crippen LogP contribution in [0.4, 0.5) is 0 Å². The summed E-state index contributed by atoms with van der Waals surface area (Å²) in [7, 11) is -3.59. The minimum atomic E-state index is -3.59. The molecule has 1 unspecified atom stereocenters. The standard InChI is InChI=1S/C19H20N2O3S3/c1-14(18-5-3-13-26-18)21-19(22)15-6-8-17(9-7-15)27(23,24)20-11-10-16-4-2-12-25-16/h2-9,12-14,20H,10-11H2,1H3,(H,21,22). The van der Waals surface area contributed by atoms with Gasteiger partial charge in [0.25, 0.3) is 5.91 Å². The fraction of sp³-hybridized carbons (Fsp3) is 0.211. The first-order valence-electron chi connectivity index (χ1n) is 8.42. The lowest BCUT2D eigenvalue weighted by atomic mass is 10.2. The highest BCUT2D eigenvalue weighted by Gasteiger charge is 2.16. The molecule has 8 heteroatoms. The zero-order valence-corrected chi connectivity index (χ0v) is 17.2. The molecule has 5 nitrogen and oxygen atoms in total. The third kappa shape index (κ3) is 5.26. The number of hydrogen-bond donors (Lipinski definition) is 2. The van der Waals surface area contributed by atoms with Gasteiger partial charge in [0.05, 0.1) is 10.9 Å². The summed E-state index contributed by atoms with van der Waals surface area (Å²) >= 11 is 3.18. The molecule has 0 bridgehead atoms. The Balaban J connectivity index is 1.59. The van der Waals surface area contributed by atoms with Crippen LogP contribution in [0.1, 0.15) is 33.1 Å². The Morgan fingerprint density at radius 1 is 1.04 bits per heavy atom. The van der Waals surface area contributed by atoms with Gasteiger partial charge in [-0.3, -0.25) is 4.79 Å². The average Bonchev–Trinajstić information content (AvgIpc) is 3.35. The highest BCUT2D eigenvalue weighted by Crippen LogP contribution is 2.19. The summed E-state index contributed by atoms with van der Waals surface area (Å²) in [4.78, 5) is 14.7. The normalized spacial score (nSPS) is 12.6. The van der Waals surface area contributed by atoms with Crippen molar-refractivity contribution in [3.05, 3.63) is 74.6 Å². The molecule has 1 atom stereocenters. The molecule has 1 aromatic carbocycles. The van der Waals surface area contributed by atoms with Crippen LogP contribution in [-0.2, 0) is 16.4 Å². The molecule has 0 aliphatic heterocycles. The van der Waals surface area contributed by atoms with Crippen molar-refractivity contribution < 1.29 is 13.2 Å². The van der Waals surface area contributed by atoms with Crippen molar-refractivity contribution in [1.82, 2.24) is 10.0 Å². The number of nitrogens with one attached hydrogen (secondary N) is 2. The van der Waals surface area contributed by atoms with Gasteiger partial charge in [-0.2, -0.15) is 0 Å². The van der Waals surface area contributed by atoms with E-state index in [1.165, 1.54) is 24.3 Å². The van der Waals surface area contributed by atoms with E-state index in [1.807, 2.05) is 41.9 Å². The Hall–Kier alpha value is -2.00. The van der Waals surface area contributed by atoms with Crippen LogP contribution in [0, 0.1) is 0 Å². The van der Waals surface area contributed by atoms with Gasteiger partial charge in [-0.1, -0.05) is 12.1 Å². The first-order chi connectivity index (χ1) is 13.0. The summed E-state index contributed by atoms with van der Waals surface area (Å²) in [6.07, 6.45) is 0.651. The maximum atomic E-state index is 12.4. The summed E-state index contributed by atoms with van der Waals surface area (Å²) in [5.74, 6) is -0.231. The van der Waals surface area contributed by atoms with Gasteiger partial charge < -0.3 is 5.32 Å². The maximum absolute atomic E-state index is 12.4. The number of carbonyl (C=O) groups excluding carboxylic acids is 1. The fourth-order valence-electron chi connectivity index (χ4n) is 2.52. The maximum Gasteiger partial charge on any atom is 0.251 e. The second-order valence-corrected chi connectivity index (χ2v) is 9.74. The molecule has 142 valence electrons.